The van der Waals surface area contributed by atoms with Crippen molar-refractivity contribution in [2.45, 2.75) is 101 Å². The molecule has 0 saturated carbocycles. The maximum atomic E-state index is 13.0. The molecule has 2 aromatic heterocycles. The van der Waals surface area contributed by atoms with Crippen molar-refractivity contribution in [3.05, 3.63) is 77.1 Å². The molecular formula is C44H55ClN10O5S. The standard InChI is InChI=1S/C44H55ClN10O5S/c1-26(2)60-39-20-34(28(5)19-38(39)50-44-47-21-35(45)41(52-44)49-37-7-6-16-46-43(37)61(58,59)27(3)4)29-14-17-53(18-15-29)32-22-55(23-32)33-24-54(25-33)31-10-8-30(9-11-31)48-36-12-13-40(56)51-42(36)57/h6-11,16,19-21,26-27,29,32-33,36,48H,12-15,17-18,22-25H2,1-5H3,(H,51,56,57)(H2,47,49,50,52). The summed E-state index contributed by atoms with van der Waals surface area (Å²) in [6.45, 7) is 15.7. The number of pyridine rings is 1. The molecule has 4 N–H and O–H groups in total. The molecule has 1 atom stereocenters. The number of halogens is 1. The summed E-state index contributed by atoms with van der Waals surface area (Å²) in [5.74, 6) is 1.18. The first-order valence-corrected chi connectivity index (χ1v) is 23.1. The third kappa shape index (κ3) is 9.42. The van der Waals surface area contributed by atoms with Gasteiger partial charge in [-0.1, -0.05) is 11.6 Å². The molecule has 2 aromatic carbocycles. The number of aryl methyl sites for hydroxylation is 1. The van der Waals surface area contributed by atoms with Crippen molar-refractivity contribution in [1.29, 1.82) is 0 Å². The number of amides is 2. The Bertz CT molecular complexity index is 2360. The van der Waals surface area contributed by atoms with Crippen molar-refractivity contribution in [3.8, 4) is 5.75 Å². The summed E-state index contributed by atoms with van der Waals surface area (Å²) >= 11 is 6.51. The maximum Gasteiger partial charge on any atom is 0.249 e. The zero-order valence-electron chi connectivity index (χ0n) is 35.3. The van der Waals surface area contributed by atoms with Crippen molar-refractivity contribution >= 4 is 67.8 Å². The lowest BCUT2D eigenvalue weighted by Gasteiger charge is -2.55. The van der Waals surface area contributed by atoms with Crippen LogP contribution >= 0.6 is 11.6 Å². The third-order valence-corrected chi connectivity index (χ3v) is 14.6. The third-order valence-electron chi connectivity index (χ3n) is 12.2. The highest BCUT2D eigenvalue weighted by Gasteiger charge is 2.42. The van der Waals surface area contributed by atoms with E-state index in [0.717, 1.165) is 69.0 Å². The number of nitrogens with one attached hydrogen (secondary N) is 4. The predicted molar refractivity (Wildman–Crippen MR) is 238 cm³/mol. The number of sulfone groups is 1. The van der Waals surface area contributed by atoms with Crippen LogP contribution in [-0.2, 0) is 19.4 Å². The molecule has 0 spiro atoms. The van der Waals surface area contributed by atoms with Gasteiger partial charge in [-0.05, 0) is 133 Å². The van der Waals surface area contributed by atoms with Crippen molar-refractivity contribution < 1.29 is 22.7 Å². The molecule has 17 heteroatoms. The summed E-state index contributed by atoms with van der Waals surface area (Å²) in [4.78, 5) is 44.5. The zero-order valence-corrected chi connectivity index (χ0v) is 36.9. The van der Waals surface area contributed by atoms with Gasteiger partial charge in [0.05, 0.1) is 28.9 Å². The summed E-state index contributed by atoms with van der Waals surface area (Å²) in [5, 5.41) is 11.6. The van der Waals surface area contributed by atoms with Gasteiger partial charge in [0.1, 0.15) is 16.8 Å². The minimum atomic E-state index is -3.67. The Morgan fingerprint density at radius 2 is 1.61 bits per heavy atom. The molecule has 4 saturated heterocycles. The number of benzene rings is 2. The average Bonchev–Trinajstić information content (AvgIpc) is 3.19. The van der Waals surface area contributed by atoms with Crippen LogP contribution in [0.25, 0.3) is 0 Å². The molecule has 61 heavy (non-hydrogen) atoms. The van der Waals surface area contributed by atoms with Crippen LogP contribution in [0, 0.1) is 6.92 Å². The van der Waals surface area contributed by atoms with Crippen LogP contribution in [0.5, 0.6) is 5.75 Å². The predicted octanol–water partition coefficient (Wildman–Crippen LogP) is 6.26. The van der Waals surface area contributed by atoms with Crippen LogP contribution in [0.2, 0.25) is 5.02 Å². The smallest absolute Gasteiger partial charge is 0.249 e. The normalized spacial score (nSPS) is 19.7. The largest absolute Gasteiger partial charge is 0.489 e. The van der Waals surface area contributed by atoms with E-state index in [1.54, 1.807) is 26.0 Å². The Kier molecular flexibility index (Phi) is 12.4. The van der Waals surface area contributed by atoms with Gasteiger partial charge in [0.2, 0.25) is 17.8 Å². The van der Waals surface area contributed by atoms with E-state index in [2.05, 4.69) is 82.1 Å². The molecule has 15 nitrogen and oxygen atoms in total. The number of nitrogens with zero attached hydrogens (tertiary/aromatic N) is 6. The number of piperidine rings is 2. The van der Waals surface area contributed by atoms with Crippen LogP contribution in [0.4, 0.5) is 34.5 Å². The first-order valence-electron chi connectivity index (χ1n) is 21.2. The van der Waals surface area contributed by atoms with Crippen LogP contribution < -0.4 is 30.9 Å². The van der Waals surface area contributed by atoms with Crippen LogP contribution in [0.15, 0.2) is 66.0 Å². The van der Waals surface area contributed by atoms with Gasteiger partial charge in [-0.3, -0.25) is 24.7 Å². The molecular weight excluding hydrogens is 816 g/mol. The minimum Gasteiger partial charge on any atom is -0.489 e. The molecule has 0 radical (unpaired) electrons. The zero-order chi connectivity index (χ0) is 43.0. The molecule has 4 aliphatic heterocycles. The number of carbonyl (C=O) groups excluding carboxylic acids is 2. The number of hydrogen-bond donors (Lipinski definition) is 4. The summed E-state index contributed by atoms with van der Waals surface area (Å²) in [6.07, 6.45) is 5.88. The molecule has 4 aromatic rings. The topological polar surface area (TPSA) is 174 Å². The van der Waals surface area contributed by atoms with Gasteiger partial charge in [0.15, 0.2) is 20.7 Å². The minimum absolute atomic E-state index is 0.0627. The Morgan fingerprint density at radius 3 is 2.30 bits per heavy atom. The fourth-order valence-electron chi connectivity index (χ4n) is 8.58. The van der Waals surface area contributed by atoms with Crippen molar-refractivity contribution in [2.24, 2.45) is 0 Å². The van der Waals surface area contributed by atoms with Gasteiger partial charge >= 0.3 is 0 Å². The highest BCUT2D eigenvalue weighted by Crippen LogP contribution is 2.40. The SMILES string of the molecule is Cc1cc(Nc2ncc(Cl)c(Nc3cccnc3S(=O)(=O)C(C)C)n2)c(OC(C)C)cc1C1CCN(C2CN(C3CN(c4ccc(NC5CCC(=O)NC5=O)cc4)C3)C2)CC1. The second kappa shape index (κ2) is 17.8. The molecule has 2 amide bonds. The fourth-order valence-corrected chi connectivity index (χ4v) is 9.80. The number of anilines is 6. The van der Waals surface area contributed by atoms with Gasteiger partial charge in [-0.15, -0.1) is 0 Å². The van der Waals surface area contributed by atoms with Gasteiger partial charge in [-0.25, -0.2) is 18.4 Å². The lowest BCUT2D eigenvalue weighted by Crippen LogP contribution is -2.70. The second-order valence-corrected chi connectivity index (χ2v) is 20.0. The van der Waals surface area contributed by atoms with Gasteiger partial charge in [0.25, 0.3) is 0 Å². The van der Waals surface area contributed by atoms with Crippen molar-refractivity contribution in [1.82, 2.24) is 30.1 Å². The number of likely N-dealkylation sites (tertiary alicyclic amines) is 2. The van der Waals surface area contributed by atoms with E-state index in [9.17, 15) is 18.0 Å². The first-order chi connectivity index (χ1) is 29.2. The molecule has 0 aliphatic carbocycles. The number of aromatic nitrogens is 3. The van der Waals surface area contributed by atoms with E-state index < -0.39 is 15.1 Å². The van der Waals surface area contributed by atoms with E-state index in [1.165, 1.54) is 23.6 Å². The number of ether oxygens (including phenoxy) is 1. The fraction of sp³-hybridized carbons (Fsp3) is 0.477. The van der Waals surface area contributed by atoms with E-state index in [1.807, 2.05) is 26.0 Å². The number of imide groups is 1. The monoisotopic (exact) mass is 870 g/mol. The van der Waals surface area contributed by atoms with Gasteiger partial charge in [0, 0.05) is 62.3 Å². The number of carbonyl (C=O) groups is 2. The van der Waals surface area contributed by atoms with Crippen LogP contribution in [0.1, 0.15) is 70.4 Å². The van der Waals surface area contributed by atoms with E-state index >= 15 is 0 Å². The van der Waals surface area contributed by atoms with Crippen molar-refractivity contribution in [2.75, 3.05) is 60.1 Å². The summed E-state index contributed by atoms with van der Waals surface area (Å²) in [5.41, 5.74) is 5.53. The molecule has 8 rings (SSSR count). The van der Waals surface area contributed by atoms with Crippen LogP contribution in [0.3, 0.4) is 0 Å². The lowest BCUT2D eigenvalue weighted by molar-refractivity contribution is -0.133. The molecule has 1 unspecified atom stereocenters. The molecule has 6 heterocycles. The number of hydrogen-bond acceptors (Lipinski definition) is 14. The molecule has 324 valence electrons. The Hall–Kier alpha value is -5.03. The lowest BCUT2D eigenvalue weighted by atomic mass is 9.85. The van der Waals surface area contributed by atoms with E-state index in [0.29, 0.717) is 36.6 Å². The highest BCUT2D eigenvalue weighted by atomic mass is 35.5. The maximum absolute atomic E-state index is 13.0. The van der Waals surface area contributed by atoms with Gasteiger partial charge < -0.3 is 25.6 Å². The Labute approximate surface area is 362 Å². The average molecular weight is 872 g/mol. The molecule has 4 fully saturated rings. The first kappa shape index (κ1) is 42.7. The van der Waals surface area contributed by atoms with Crippen molar-refractivity contribution in [3.63, 3.8) is 0 Å². The second-order valence-electron chi connectivity index (χ2n) is 17.1. The summed E-state index contributed by atoms with van der Waals surface area (Å²) in [6, 6.07) is 16.5. The van der Waals surface area contributed by atoms with Crippen LogP contribution in [-0.4, -0.2) is 114 Å². The molecule has 0 bridgehead atoms. The van der Waals surface area contributed by atoms with E-state index in [4.69, 9.17) is 16.3 Å². The molecule has 4 aliphatic rings. The Balaban J connectivity index is 0.842. The summed E-state index contributed by atoms with van der Waals surface area (Å²) in [7, 11) is -3.67. The van der Waals surface area contributed by atoms with E-state index in [-0.39, 0.29) is 51.5 Å². The van der Waals surface area contributed by atoms with Gasteiger partial charge in [-0.2, -0.15) is 4.98 Å². The highest BCUT2D eigenvalue weighted by molar-refractivity contribution is 7.92. The Morgan fingerprint density at radius 1 is 0.885 bits per heavy atom. The summed E-state index contributed by atoms with van der Waals surface area (Å²) < 4.78 is 32.4. The quantitative estimate of drug-likeness (QED) is 0.105. The number of rotatable bonds is 14.